The smallest absolute Gasteiger partial charge is 0.233 e. The summed E-state index contributed by atoms with van der Waals surface area (Å²) in [6.45, 7) is 6.43. The number of hydrogen-bond acceptors (Lipinski definition) is 4. The third kappa shape index (κ3) is 2.77. The summed E-state index contributed by atoms with van der Waals surface area (Å²) in [5, 5.41) is 8.34. The van der Waals surface area contributed by atoms with Crippen LogP contribution >= 0.6 is 0 Å². The topological polar surface area (TPSA) is 38.2 Å². The molecule has 2 atom stereocenters. The molecule has 3 saturated heterocycles. The summed E-state index contributed by atoms with van der Waals surface area (Å²) in [5.74, 6) is 0.849. The number of hydrogen-bond donors (Lipinski definition) is 0. The van der Waals surface area contributed by atoms with E-state index in [2.05, 4.69) is 22.0 Å². The number of piperidine rings is 3. The van der Waals surface area contributed by atoms with Gasteiger partial charge < -0.3 is 4.74 Å². The van der Waals surface area contributed by atoms with Crippen LogP contribution in [0, 0.1) is 18.7 Å². The van der Waals surface area contributed by atoms with E-state index in [0.717, 1.165) is 5.56 Å². The molecule has 3 fully saturated rings. The summed E-state index contributed by atoms with van der Waals surface area (Å²) in [7, 11) is 0. The standard InChI is InChI=1S/C19H22FN3O/c1-12-3-4-15(16(20)11-12)17-5-6-18(22-21-17)24-19-13(2)23-9-7-14(19)8-10-23/h3-6,11,13-14,19H,7-10H2,1-2H3/t13-,19+/m1/s1. The first-order valence-electron chi connectivity index (χ1n) is 8.63. The van der Waals surface area contributed by atoms with E-state index >= 15 is 0 Å². The molecule has 0 aliphatic carbocycles. The zero-order valence-corrected chi connectivity index (χ0v) is 14.1. The molecule has 2 aromatic rings. The summed E-state index contributed by atoms with van der Waals surface area (Å²) < 4.78 is 20.2. The van der Waals surface area contributed by atoms with E-state index in [1.807, 2.05) is 13.0 Å². The maximum Gasteiger partial charge on any atom is 0.233 e. The van der Waals surface area contributed by atoms with Crippen molar-refractivity contribution in [2.45, 2.75) is 38.8 Å². The van der Waals surface area contributed by atoms with Crippen molar-refractivity contribution in [3.63, 3.8) is 0 Å². The van der Waals surface area contributed by atoms with Gasteiger partial charge >= 0.3 is 0 Å². The molecule has 24 heavy (non-hydrogen) atoms. The Morgan fingerprint density at radius 1 is 1.12 bits per heavy atom. The molecule has 4 heterocycles. The van der Waals surface area contributed by atoms with Crippen molar-refractivity contribution in [2.75, 3.05) is 13.1 Å². The van der Waals surface area contributed by atoms with Crippen LogP contribution in [0.4, 0.5) is 4.39 Å². The van der Waals surface area contributed by atoms with Crippen molar-refractivity contribution in [1.82, 2.24) is 15.1 Å². The van der Waals surface area contributed by atoms with Crippen molar-refractivity contribution in [3.8, 4) is 17.1 Å². The molecule has 3 aliphatic rings. The average Bonchev–Trinajstić information content (AvgIpc) is 2.59. The lowest BCUT2D eigenvalue weighted by atomic mass is 9.81. The number of benzene rings is 1. The minimum absolute atomic E-state index is 0.170. The van der Waals surface area contributed by atoms with Crippen molar-refractivity contribution in [3.05, 3.63) is 41.7 Å². The average molecular weight is 327 g/mol. The lowest BCUT2D eigenvalue weighted by molar-refractivity contribution is -0.0528. The molecule has 0 spiro atoms. The predicted octanol–water partition coefficient (Wildman–Crippen LogP) is 3.45. The quantitative estimate of drug-likeness (QED) is 0.865. The Kier molecular flexibility index (Phi) is 3.96. The molecular weight excluding hydrogens is 305 g/mol. The second-order valence-electron chi connectivity index (χ2n) is 6.94. The second-order valence-corrected chi connectivity index (χ2v) is 6.94. The molecule has 5 heteroatoms. The highest BCUT2D eigenvalue weighted by atomic mass is 19.1. The molecule has 0 unspecified atom stereocenters. The third-order valence-corrected chi connectivity index (χ3v) is 5.39. The molecule has 2 bridgehead atoms. The number of aromatic nitrogens is 2. The fourth-order valence-electron chi connectivity index (χ4n) is 3.95. The van der Waals surface area contributed by atoms with E-state index < -0.39 is 0 Å². The highest BCUT2D eigenvalue weighted by Gasteiger charge is 2.41. The van der Waals surface area contributed by atoms with E-state index in [-0.39, 0.29) is 11.9 Å². The first-order valence-corrected chi connectivity index (χ1v) is 8.63. The molecule has 0 N–H and O–H groups in total. The first-order chi connectivity index (χ1) is 11.6. The van der Waals surface area contributed by atoms with Gasteiger partial charge in [0, 0.05) is 17.7 Å². The number of halogens is 1. The van der Waals surface area contributed by atoms with Crippen molar-refractivity contribution in [1.29, 1.82) is 0 Å². The summed E-state index contributed by atoms with van der Waals surface area (Å²) >= 11 is 0. The Labute approximate surface area is 141 Å². The van der Waals surface area contributed by atoms with Gasteiger partial charge in [-0.2, -0.15) is 0 Å². The van der Waals surface area contributed by atoms with Gasteiger partial charge in [0.1, 0.15) is 11.9 Å². The Morgan fingerprint density at radius 3 is 2.54 bits per heavy atom. The normalized spacial score (nSPS) is 28.8. The largest absolute Gasteiger partial charge is 0.471 e. The minimum Gasteiger partial charge on any atom is -0.471 e. The van der Waals surface area contributed by atoms with E-state index in [1.54, 1.807) is 18.2 Å². The van der Waals surface area contributed by atoms with Crippen LogP contribution in [0.15, 0.2) is 30.3 Å². The molecule has 1 aromatic heterocycles. The van der Waals surface area contributed by atoms with Gasteiger partial charge in [-0.1, -0.05) is 6.07 Å². The number of aryl methyl sites for hydroxylation is 1. The molecule has 1 aromatic carbocycles. The SMILES string of the molecule is Cc1ccc(-c2ccc(O[C@@H]3C4CCN(CC4)[C@@H]3C)nn2)c(F)c1. The number of nitrogens with zero attached hydrogens (tertiary/aromatic N) is 3. The molecule has 4 nitrogen and oxygen atoms in total. The molecular formula is C19H22FN3O. The molecule has 0 saturated carbocycles. The van der Waals surface area contributed by atoms with E-state index in [9.17, 15) is 4.39 Å². The van der Waals surface area contributed by atoms with Crippen molar-refractivity contribution >= 4 is 0 Å². The Hall–Kier alpha value is -2.01. The highest BCUT2D eigenvalue weighted by molar-refractivity contribution is 5.59. The van der Waals surface area contributed by atoms with E-state index in [4.69, 9.17) is 4.74 Å². The van der Waals surface area contributed by atoms with E-state index in [0.29, 0.717) is 29.1 Å². The minimum atomic E-state index is -0.274. The fraction of sp³-hybridized carbons (Fsp3) is 0.474. The van der Waals surface area contributed by atoms with Crippen LogP contribution in [-0.4, -0.2) is 40.3 Å². The Morgan fingerprint density at radius 2 is 1.92 bits per heavy atom. The third-order valence-electron chi connectivity index (χ3n) is 5.39. The van der Waals surface area contributed by atoms with Crippen molar-refractivity contribution in [2.24, 2.45) is 5.92 Å². The molecule has 0 amide bonds. The first kappa shape index (κ1) is 15.5. The van der Waals surface area contributed by atoms with Gasteiger partial charge in [-0.05, 0) is 69.5 Å². The van der Waals surface area contributed by atoms with Crippen LogP contribution in [-0.2, 0) is 0 Å². The van der Waals surface area contributed by atoms with Gasteiger partial charge in [0.25, 0.3) is 0 Å². The zero-order chi connectivity index (χ0) is 16.7. The lowest BCUT2D eigenvalue weighted by Gasteiger charge is -2.48. The second kappa shape index (κ2) is 6.13. The summed E-state index contributed by atoms with van der Waals surface area (Å²) in [5.41, 5.74) is 1.89. The van der Waals surface area contributed by atoms with Gasteiger partial charge in [-0.15, -0.1) is 10.2 Å². The fourth-order valence-corrected chi connectivity index (χ4v) is 3.95. The molecule has 0 radical (unpaired) electrons. The molecule has 3 aliphatic heterocycles. The number of rotatable bonds is 3. The summed E-state index contributed by atoms with van der Waals surface area (Å²) in [6, 6.07) is 9.11. The van der Waals surface area contributed by atoms with Crippen LogP contribution in [0.5, 0.6) is 5.88 Å². The van der Waals surface area contributed by atoms with Gasteiger partial charge in [0.15, 0.2) is 0 Å². The lowest BCUT2D eigenvalue weighted by Crippen LogP contribution is -2.58. The highest BCUT2D eigenvalue weighted by Crippen LogP contribution is 2.34. The van der Waals surface area contributed by atoms with Gasteiger partial charge in [-0.3, -0.25) is 4.90 Å². The van der Waals surface area contributed by atoms with E-state index in [1.165, 1.54) is 32.0 Å². The van der Waals surface area contributed by atoms with Gasteiger partial charge in [0.05, 0.1) is 5.69 Å². The summed E-state index contributed by atoms with van der Waals surface area (Å²) in [4.78, 5) is 2.48. The zero-order valence-electron chi connectivity index (χ0n) is 14.1. The summed E-state index contributed by atoms with van der Waals surface area (Å²) in [6.07, 6.45) is 2.55. The van der Waals surface area contributed by atoms with Crippen LogP contribution < -0.4 is 4.74 Å². The van der Waals surface area contributed by atoms with Gasteiger partial charge in [0.2, 0.25) is 5.88 Å². The predicted molar refractivity (Wildman–Crippen MR) is 90.3 cm³/mol. The van der Waals surface area contributed by atoms with Crippen LogP contribution in [0.25, 0.3) is 11.3 Å². The molecule has 126 valence electrons. The Balaban J connectivity index is 1.52. The van der Waals surface area contributed by atoms with Crippen LogP contribution in [0.2, 0.25) is 0 Å². The maximum absolute atomic E-state index is 14.1. The van der Waals surface area contributed by atoms with Gasteiger partial charge in [-0.25, -0.2) is 4.39 Å². The number of fused-ring (bicyclic) bond motifs is 3. The maximum atomic E-state index is 14.1. The van der Waals surface area contributed by atoms with Crippen LogP contribution in [0.1, 0.15) is 25.3 Å². The van der Waals surface area contributed by atoms with Crippen molar-refractivity contribution < 1.29 is 9.13 Å². The molecule has 5 rings (SSSR count). The van der Waals surface area contributed by atoms with Crippen LogP contribution in [0.3, 0.4) is 0 Å². The number of ether oxygens (including phenoxy) is 1. The monoisotopic (exact) mass is 327 g/mol. The Bertz CT molecular complexity index is 724.